The van der Waals surface area contributed by atoms with E-state index in [0.717, 1.165) is 12.4 Å². The fourth-order valence-electron chi connectivity index (χ4n) is 0.324. The monoisotopic (exact) mass is 100 g/mol. The molecule has 0 aromatic heterocycles. The highest BCUT2D eigenvalue weighted by Crippen LogP contribution is 1.99. The highest BCUT2D eigenvalue weighted by atomic mass is 32.2. The number of hydrogen-bond donors (Lipinski definition) is 1. The third-order valence-corrected chi connectivity index (χ3v) is 1.27. The van der Waals surface area contributed by atoms with Gasteiger partial charge in [-0.3, -0.25) is 0 Å². The molecule has 0 aromatic rings. The zero-order valence-electron chi connectivity index (χ0n) is 3.40. The van der Waals surface area contributed by atoms with Crippen molar-refractivity contribution in [3.8, 4) is 0 Å². The minimum absolute atomic E-state index is 0.993. The Kier molecular flexibility index (Phi) is 1.59. The molecular formula is C4H6NS. The highest BCUT2D eigenvalue weighted by molar-refractivity contribution is 8.00. The second-order valence-corrected chi connectivity index (χ2v) is 1.88. The Bertz CT molecular complexity index is 52.6. The molecule has 33 valence electrons. The first-order chi connectivity index (χ1) is 3.00. The molecule has 0 spiro atoms. The maximum atomic E-state index is 3.13. The summed E-state index contributed by atoms with van der Waals surface area (Å²) in [4.78, 5) is 0. The summed E-state index contributed by atoms with van der Waals surface area (Å²) in [6.45, 7) is 0.993. The number of rotatable bonds is 0. The van der Waals surface area contributed by atoms with Crippen molar-refractivity contribution in [2.75, 3.05) is 12.4 Å². The van der Waals surface area contributed by atoms with Crippen molar-refractivity contribution in [1.29, 1.82) is 0 Å². The summed E-state index contributed by atoms with van der Waals surface area (Å²) in [5.74, 6) is 1.02. The van der Waals surface area contributed by atoms with Crippen LogP contribution in [0.2, 0.25) is 0 Å². The predicted molar refractivity (Wildman–Crippen MR) is 28.3 cm³/mol. The van der Waals surface area contributed by atoms with Gasteiger partial charge in [0, 0.05) is 17.8 Å². The molecule has 1 rings (SSSR count). The molecule has 0 fully saturated rings. The van der Waals surface area contributed by atoms with Crippen LogP contribution in [0.3, 0.4) is 0 Å². The van der Waals surface area contributed by atoms with E-state index in [1.54, 1.807) is 11.8 Å². The summed E-state index contributed by atoms with van der Waals surface area (Å²) >= 11 is 1.68. The molecule has 0 bridgehead atoms. The van der Waals surface area contributed by atoms with E-state index in [4.69, 9.17) is 0 Å². The molecule has 2 heteroatoms. The van der Waals surface area contributed by atoms with Gasteiger partial charge in [0.1, 0.15) is 0 Å². The Hall–Kier alpha value is 0.0500. The first kappa shape index (κ1) is 4.22. The molecule has 1 aliphatic rings. The SMILES string of the molecule is [C]1=CCNCS1. The van der Waals surface area contributed by atoms with Crippen molar-refractivity contribution < 1.29 is 0 Å². The first-order valence-corrected chi connectivity index (χ1v) is 2.88. The maximum Gasteiger partial charge on any atom is 0.0468 e. The Balaban J connectivity index is 2.26. The Morgan fingerprint density at radius 1 is 1.83 bits per heavy atom. The number of nitrogens with one attached hydrogen (secondary N) is 1. The summed E-state index contributed by atoms with van der Waals surface area (Å²) < 4.78 is 0. The van der Waals surface area contributed by atoms with Crippen molar-refractivity contribution in [3.05, 3.63) is 11.5 Å². The average Bonchev–Trinajstić information content (AvgIpc) is 1.72. The normalized spacial score (nSPS) is 21.3. The quantitative estimate of drug-likeness (QED) is 0.478. The summed E-state index contributed by atoms with van der Waals surface area (Å²) in [5, 5.41) is 6.14. The van der Waals surface area contributed by atoms with Gasteiger partial charge in [-0.05, 0) is 0 Å². The van der Waals surface area contributed by atoms with Gasteiger partial charge in [0.05, 0.1) is 0 Å². The van der Waals surface area contributed by atoms with Crippen molar-refractivity contribution in [3.63, 3.8) is 0 Å². The molecule has 0 amide bonds. The molecule has 0 unspecified atom stereocenters. The lowest BCUT2D eigenvalue weighted by molar-refractivity contribution is 0.884. The second-order valence-electron chi connectivity index (χ2n) is 1.06. The van der Waals surface area contributed by atoms with Gasteiger partial charge in [0.15, 0.2) is 0 Å². The molecule has 0 aliphatic carbocycles. The van der Waals surface area contributed by atoms with Crippen molar-refractivity contribution in [1.82, 2.24) is 5.32 Å². The lowest BCUT2D eigenvalue weighted by atomic mass is 10.6. The Morgan fingerprint density at radius 3 is 3.00 bits per heavy atom. The van der Waals surface area contributed by atoms with Crippen molar-refractivity contribution in [2.24, 2.45) is 0 Å². The largest absolute Gasteiger partial charge is 0.304 e. The van der Waals surface area contributed by atoms with Gasteiger partial charge in [-0.15, -0.1) is 11.8 Å². The van der Waals surface area contributed by atoms with E-state index in [9.17, 15) is 0 Å². The zero-order chi connectivity index (χ0) is 4.24. The van der Waals surface area contributed by atoms with Crippen LogP contribution in [-0.2, 0) is 0 Å². The maximum absolute atomic E-state index is 3.13. The average molecular weight is 100 g/mol. The van der Waals surface area contributed by atoms with Gasteiger partial charge in [-0.25, -0.2) is 0 Å². The molecule has 0 saturated heterocycles. The Labute approximate surface area is 41.8 Å². The lowest BCUT2D eigenvalue weighted by Crippen LogP contribution is -2.14. The third-order valence-electron chi connectivity index (χ3n) is 0.587. The topological polar surface area (TPSA) is 12.0 Å². The smallest absolute Gasteiger partial charge is 0.0468 e. The molecule has 1 nitrogen and oxygen atoms in total. The van der Waals surface area contributed by atoms with Crippen LogP contribution in [-0.4, -0.2) is 12.4 Å². The van der Waals surface area contributed by atoms with Gasteiger partial charge in [0.25, 0.3) is 0 Å². The zero-order valence-corrected chi connectivity index (χ0v) is 4.22. The van der Waals surface area contributed by atoms with Crippen LogP contribution >= 0.6 is 11.8 Å². The summed E-state index contributed by atoms with van der Waals surface area (Å²) in [6, 6.07) is 0. The summed E-state index contributed by atoms with van der Waals surface area (Å²) in [5.41, 5.74) is 0. The Morgan fingerprint density at radius 2 is 2.83 bits per heavy atom. The molecule has 1 aliphatic heterocycles. The molecule has 0 saturated carbocycles. The standard InChI is InChI=1S/C4H6NS/c1-2-5-4-6-3-1/h1,5H,2,4H2. The van der Waals surface area contributed by atoms with Gasteiger partial charge in [-0.1, -0.05) is 6.08 Å². The molecule has 6 heavy (non-hydrogen) atoms. The molecule has 0 aromatic carbocycles. The van der Waals surface area contributed by atoms with E-state index in [0.29, 0.717) is 0 Å². The van der Waals surface area contributed by atoms with Crippen LogP contribution in [0.4, 0.5) is 0 Å². The van der Waals surface area contributed by atoms with Gasteiger partial charge in [0.2, 0.25) is 0 Å². The van der Waals surface area contributed by atoms with E-state index >= 15 is 0 Å². The number of thioether (sulfide) groups is 1. The third kappa shape index (κ3) is 1.03. The van der Waals surface area contributed by atoms with Crippen molar-refractivity contribution >= 4 is 11.8 Å². The molecule has 1 heterocycles. The summed E-state index contributed by atoms with van der Waals surface area (Å²) in [7, 11) is 0. The van der Waals surface area contributed by atoms with E-state index in [2.05, 4.69) is 10.7 Å². The van der Waals surface area contributed by atoms with Crippen molar-refractivity contribution in [2.45, 2.75) is 0 Å². The van der Waals surface area contributed by atoms with Crippen LogP contribution < -0.4 is 5.32 Å². The van der Waals surface area contributed by atoms with E-state index in [1.165, 1.54) is 0 Å². The fourth-order valence-corrected chi connectivity index (χ4v) is 0.829. The predicted octanol–water partition coefficient (Wildman–Crippen LogP) is 0.597. The van der Waals surface area contributed by atoms with E-state index < -0.39 is 0 Å². The molecule has 0 atom stereocenters. The highest BCUT2D eigenvalue weighted by Gasteiger charge is 1.85. The number of hydrogen-bond acceptors (Lipinski definition) is 2. The second kappa shape index (κ2) is 2.26. The lowest BCUT2D eigenvalue weighted by Gasteiger charge is -2.00. The van der Waals surface area contributed by atoms with Crippen LogP contribution in [0.15, 0.2) is 6.08 Å². The van der Waals surface area contributed by atoms with Crippen LogP contribution in [0.1, 0.15) is 0 Å². The van der Waals surface area contributed by atoms with Gasteiger partial charge < -0.3 is 5.32 Å². The minimum atomic E-state index is 0.993. The van der Waals surface area contributed by atoms with Crippen LogP contribution in [0.25, 0.3) is 0 Å². The van der Waals surface area contributed by atoms with Gasteiger partial charge in [-0.2, -0.15) is 0 Å². The molecule has 1 N–H and O–H groups in total. The fraction of sp³-hybridized carbons (Fsp3) is 0.500. The van der Waals surface area contributed by atoms with E-state index in [1.807, 2.05) is 6.08 Å². The van der Waals surface area contributed by atoms with E-state index in [-0.39, 0.29) is 0 Å². The van der Waals surface area contributed by atoms with Crippen LogP contribution in [0.5, 0.6) is 0 Å². The molecule has 1 radical (unpaired) electrons. The van der Waals surface area contributed by atoms with Crippen LogP contribution in [0, 0.1) is 5.41 Å². The minimum Gasteiger partial charge on any atom is -0.304 e. The van der Waals surface area contributed by atoms with Gasteiger partial charge >= 0.3 is 0 Å². The summed E-state index contributed by atoms with van der Waals surface area (Å²) in [6.07, 6.45) is 1.99. The molecular weight excluding hydrogens is 94.1 g/mol. The first-order valence-electron chi connectivity index (χ1n) is 1.90.